The van der Waals surface area contributed by atoms with Gasteiger partial charge in [-0.15, -0.1) is 0 Å². The van der Waals surface area contributed by atoms with Gasteiger partial charge in [-0.05, 0) is 50.7 Å². The van der Waals surface area contributed by atoms with E-state index in [9.17, 15) is 4.79 Å². The maximum absolute atomic E-state index is 15.3. The average molecular weight is 529 g/mol. The smallest absolute Gasteiger partial charge is 0.419 e. The monoisotopic (exact) mass is 528 g/mol. The van der Waals surface area contributed by atoms with E-state index in [2.05, 4.69) is 27.9 Å². The number of piperidine rings is 1. The highest BCUT2D eigenvalue weighted by molar-refractivity contribution is 5.87. The quantitative estimate of drug-likeness (QED) is 0.323. The van der Waals surface area contributed by atoms with Crippen LogP contribution < -0.4 is 10.5 Å². The normalized spacial score (nSPS) is 13.7. The number of halogens is 1. The average Bonchev–Trinajstić information content (AvgIpc) is 3.57. The number of fused-ring (bicyclic) bond motifs is 2. The molecule has 200 valence electrons. The number of likely N-dealkylation sites (tertiary alicyclic amines) is 1. The summed E-state index contributed by atoms with van der Waals surface area (Å²) >= 11 is 0. The Morgan fingerprint density at radius 3 is 2.51 bits per heavy atom. The second-order valence-electron chi connectivity index (χ2n) is 9.38. The van der Waals surface area contributed by atoms with E-state index < -0.39 is 11.6 Å². The van der Waals surface area contributed by atoms with Crippen LogP contribution in [0.25, 0.3) is 39.1 Å². The number of ether oxygens (including phenoxy) is 1. The molecule has 1 aliphatic rings. The van der Waals surface area contributed by atoms with Gasteiger partial charge in [0.05, 0.1) is 48.2 Å². The first kappa shape index (κ1) is 26.1. The summed E-state index contributed by atoms with van der Waals surface area (Å²) in [6.45, 7) is 6.18. The topological polar surface area (TPSA) is 102 Å². The fourth-order valence-corrected chi connectivity index (χ4v) is 4.87. The molecule has 0 amide bonds. The predicted octanol–water partition coefficient (Wildman–Crippen LogP) is 5.02. The largest absolute Gasteiger partial charge is 0.479 e. The molecule has 4 heterocycles. The SMILES string of the molecule is CCN1CCCCC1.COc1nc(-c2ccc(C#N)cc2)c(-c2cc3oc(=O)n(C)c3cc2F)n2cncc12. The molecule has 0 unspecified atom stereocenters. The predicted molar refractivity (Wildman–Crippen MR) is 146 cm³/mol. The summed E-state index contributed by atoms with van der Waals surface area (Å²) in [6.07, 6.45) is 7.40. The minimum Gasteiger partial charge on any atom is -0.479 e. The van der Waals surface area contributed by atoms with E-state index in [1.807, 2.05) is 0 Å². The fourth-order valence-electron chi connectivity index (χ4n) is 4.87. The maximum atomic E-state index is 15.3. The van der Waals surface area contributed by atoms with Gasteiger partial charge in [-0.1, -0.05) is 25.5 Å². The van der Waals surface area contributed by atoms with Gasteiger partial charge in [0, 0.05) is 24.2 Å². The number of benzene rings is 2. The number of methoxy groups -OCH3 is 1. The summed E-state index contributed by atoms with van der Waals surface area (Å²) in [4.78, 5) is 23.2. The second-order valence-corrected chi connectivity index (χ2v) is 9.38. The van der Waals surface area contributed by atoms with Crippen molar-refractivity contribution in [3.63, 3.8) is 0 Å². The molecule has 0 saturated carbocycles. The molecule has 39 heavy (non-hydrogen) atoms. The van der Waals surface area contributed by atoms with Crippen LogP contribution in [-0.2, 0) is 7.05 Å². The van der Waals surface area contributed by atoms with E-state index >= 15 is 4.39 Å². The third kappa shape index (κ3) is 5.01. The molecule has 0 N–H and O–H groups in total. The summed E-state index contributed by atoms with van der Waals surface area (Å²) < 4.78 is 28.9. The molecule has 2 aromatic carbocycles. The Bertz CT molecular complexity index is 1720. The molecule has 5 aromatic rings. The van der Waals surface area contributed by atoms with Gasteiger partial charge in [-0.25, -0.2) is 19.2 Å². The molecular weight excluding hydrogens is 499 g/mol. The molecule has 10 heteroatoms. The van der Waals surface area contributed by atoms with Crippen LogP contribution in [0.3, 0.4) is 0 Å². The Morgan fingerprint density at radius 1 is 1.13 bits per heavy atom. The van der Waals surface area contributed by atoms with E-state index in [0.29, 0.717) is 39.4 Å². The van der Waals surface area contributed by atoms with Crippen LogP contribution in [0, 0.1) is 17.1 Å². The Hall–Kier alpha value is -4.49. The fraction of sp³-hybridized carbons (Fsp3) is 0.310. The van der Waals surface area contributed by atoms with E-state index in [0.717, 1.165) is 0 Å². The third-order valence-electron chi connectivity index (χ3n) is 7.05. The van der Waals surface area contributed by atoms with Crippen molar-refractivity contribution in [3.05, 3.63) is 70.9 Å². The molecule has 0 aliphatic carbocycles. The number of oxazole rings is 1. The minimum atomic E-state index is -0.584. The van der Waals surface area contributed by atoms with Gasteiger partial charge in [0.15, 0.2) is 5.58 Å². The van der Waals surface area contributed by atoms with Gasteiger partial charge < -0.3 is 14.1 Å². The number of nitriles is 1. The molecule has 1 fully saturated rings. The summed E-state index contributed by atoms with van der Waals surface area (Å²) in [5.41, 5.74) is 3.28. The van der Waals surface area contributed by atoms with Gasteiger partial charge in [0.25, 0.3) is 0 Å². The standard InChI is InChI=1S/C22H14FN5O3.C7H15N/c1-27-16-8-15(23)14(7-18(16)31-22(27)29)20-19(13-5-3-12(9-24)4-6-13)26-21(30-2)17-10-25-11-28(17)20;1-2-8-6-4-3-5-7-8/h3-8,10-11H,1-2H3;2-7H2,1H3. The van der Waals surface area contributed by atoms with Crippen molar-refractivity contribution >= 4 is 16.6 Å². The Morgan fingerprint density at radius 2 is 1.87 bits per heavy atom. The first-order valence-corrected chi connectivity index (χ1v) is 12.9. The third-order valence-corrected chi connectivity index (χ3v) is 7.05. The van der Waals surface area contributed by atoms with Crippen molar-refractivity contribution in [1.82, 2.24) is 23.8 Å². The highest BCUT2D eigenvalue weighted by atomic mass is 19.1. The van der Waals surface area contributed by atoms with E-state index in [4.69, 9.17) is 14.4 Å². The van der Waals surface area contributed by atoms with Crippen molar-refractivity contribution in [1.29, 1.82) is 5.26 Å². The van der Waals surface area contributed by atoms with E-state index in [-0.39, 0.29) is 11.1 Å². The van der Waals surface area contributed by atoms with Crippen LogP contribution in [0.4, 0.5) is 4.39 Å². The highest BCUT2D eigenvalue weighted by Gasteiger charge is 2.22. The van der Waals surface area contributed by atoms with Crippen molar-refractivity contribution in [2.45, 2.75) is 26.2 Å². The Kier molecular flexibility index (Phi) is 7.43. The molecule has 0 radical (unpaired) electrons. The Labute approximate surface area is 224 Å². The summed E-state index contributed by atoms with van der Waals surface area (Å²) in [5, 5.41) is 9.10. The van der Waals surface area contributed by atoms with Gasteiger partial charge in [0.2, 0.25) is 5.88 Å². The summed E-state index contributed by atoms with van der Waals surface area (Å²) in [7, 11) is 3.00. The zero-order valence-electron chi connectivity index (χ0n) is 22.1. The minimum absolute atomic E-state index is 0.180. The number of aromatic nitrogens is 4. The lowest BCUT2D eigenvalue weighted by atomic mass is 10.0. The lowest BCUT2D eigenvalue weighted by Crippen LogP contribution is -2.29. The van der Waals surface area contributed by atoms with Gasteiger partial charge >= 0.3 is 5.76 Å². The molecule has 0 atom stereocenters. The molecule has 1 aliphatic heterocycles. The lowest BCUT2D eigenvalue weighted by molar-refractivity contribution is 0.240. The number of aryl methyl sites for hydroxylation is 1. The van der Waals surface area contributed by atoms with Gasteiger partial charge in [-0.3, -0.25) is 8.97 Å². The van der Waals surface area contributed by atoms with Gasteiger partial charge in [-0.2, -0.15) is 5.26 Å². The number of hydrogen-bond donors (Lipinski definition) is 0. The molecule has 0 bridgehead atoms. The molecule has 6 rings (SSSR count). The zero-order valence-corrected chi connectivity index (χ0v) is 22.1. The lowest BCUT2D eigenvalue weighted by Gasteiger charge is -2.24. The molecule has 0 spiro atoms. The summed E-state index contributed by atoms with van der Waals surface area (Å²) in [6, 6.07) is 11.6. The molecular formula is C29H29FN6O3. The van der Waals surface area contributed by atoms with Crippen LogP contribution in [0.2, 0.25) is 0 Å². The van der Waals surface area contributed by atoms with Crippen molar-refractivity contribution in [2.75, 3.05) is 26.7 Å². The first-order chi connectivity index (χ1) is 18.9. The molecule has 1 saturated heterocycles. The van der Waals surface area contributed by atoms with Crippen LogP contribution in [0.1, 0.15) is 31.7 Å². The second kappa shape index (κ2) is 11.1. The van der Waals surface area contributed by atoms with Crippen LogP contribution in [-0.4, -0.2) is 50.6 Å². The molecule has 9 nitrogen and oxygen atoms in total. The van der Waals surface area contributed by atoms with Gasteiger partial charge in [0.1, 0.15) is 11.3 Å². The summed E-state index contributed by atoms with van der Waals surface area (Å²) in [5.74, 6) is -0.825. The van der Waals surface area contributed by atoms with Crippen LogP contribution in [0.5, 0.6) is 5.88 Å². The van der Waals surface area contributed by atoms with Crippen molar-refractivity contribution in [2.24, 2.45) is 7.05 Å². The van der Waals surface area contributed by atoms with Crippen LogP contribution in [0.15, 0.2) is 58.1 Å². The van der Waals surface area contributed by atoms with Crippen LogP contribution >= 0.6 is 0 Å². The van der Waals surface area contributed by atoms with Crippen molar-refractivity contribution in [3.8, 4) is 34.5 Å². The van der Waals surface area contributed by atoms with E-state index in [1.54, 1.807) is 34.9 Å². The maximum Gasteiger partial charge on any atom is 0.419 e. The number of nitrogens with zero attached hydrogens (tertiary/aromatic N) is 6. The Balaban J connectivity index is 0.000000332. The number of hydrogen-bond acceptors (Lipinski definition) is 7. The van der Waals surface area contributed by atoms with E-state index in [1.165, 1.54) is 76.1 Å². The number of rotatable bonds is 4. The number of imidazole rings is 1. The zero-order chi connectivity index (χ0) is 27.5. The first-order valence-electron chi connectivity index (χ1n) is 12.9. The highest BCUT2D eigenvalue weighted by Crippen LogP contribution is 2.37. The van der Waals surface area contributed by atoms with Crippen molar-refractivity contribution < 1.29 is 13.5 Å². The molecule has 3 aromatic heterocycles.